The number of carboxylic acid groups (broad SMARTS) is 1. The number of benzene rings is 1. The first-order valence-corrected chi connectivity index (χ1v) is 6.38. The molecule has 0 spiro atoms. The second-order valence-electron chi connectivity index (χ2n) is 5.44. The lowest BCUT2D eigenvalue weighted by molar-refractivity contribution is -0.131. The minimum atomic E-state index is -1.03. The van der Waals surface area contributed by atoms with Gasteiger partial charge < -0.3 is 10.0 Å². The number of nitrogens with zero attached hydrogens (tertiary/aromatic N) is 1. The van der Waals surface area contributed by atoms with Gasteiger partial charge in [0, 0.05) is 29.4 Å². The maximum absolute atomic E-state index is 13.4. The number of halogens is 1. The number of aliphatic carboxylic acids is 1. The first-order chi connectivity index (χ1) is 8.90. The minimum Gasteiger partial charge on any atom is -0.478 e. The molecule has 0 aliphatic carbocycles. The number of carbonyl (C=O) groups is 1. The maximum atomic E-state index is 13.4. The number of hydrogen-bond acceptors (Lipinski definition) is 2. The zero-order chi connectivity index (χ0) is 14.0. The summed E-state index contributed by atoms with van der Waals surface area (Å²) in [6, 6.07) is 4.52. The van der Waals surface area contributed by atoms with Crippen molar-refractivity contribution in [3.05, 3.63) is 35.7 Å². The van der Waals surface area contributed by atoms with Gasteiger partial charge in [-0.25, -0.2) is 9.18 Å². The van der Waals surface area contributed by atoms with Crippen molar-refractivity contribution in [1.29, 1.82) is 0 Å². The van der Waals surface area contributed by atoms with Crippen LogP contribution in [-0.4, -0.2) is 23.2 Å². The molecule has 19 heavy (non-hydrogen) atoms. The fraction of sp³-hybridized carbons (Fsp3) is 0.400. The summed E-state index contributed by atoms with van der Waals surface area (Å²) in [5.74, 6) is -1.39. The molecule has 3 nitrogen and oxygen atoms in total. The summed E-state index contributed by atoms with van der Waals surface area (Å²) in [7, 11) is 0. The van der Waals surface area contributed by atoms with Crippen LogP contribution in [0, 0.1) is 5.82 Å². The molecule has 1 saturated heterocycles. The summed E-state index contributed by atoms with van der Waals surface area (Å²) in [6.07, 6.45) is 4.66. The van der Waals surface area contributed by atoms with Gasteiger partial charge in [0.2, 0.25) is 0 Å². The smallest absolute Gasteiger partial charge is 0.328 e. The van der Waals surface area contributed by atoms with Crippen LogP contribution in [-0.2, 0) is 4.79 Å². The first-order valence-electron chi connectivity index (χ1n) is 6.38. The maximum Gasteiger partial charge on any atom is 0.328 e. The molecule has 0 aromatic heterocycles. The molecule has 1 aromatic carbocycles. The molecule has 0 amide bonds. The van der Waals surface area contributed by atoms with E-state index in [1.165, 1.54) is 18.2 Å². The van der Waals surface area contributed by atoms with Crippen molar-refractivity contribution >= 4 is 17.7 Å². The molecule has 2 rings (SSSR count). The lowest BCUT2D eigenvalue weighted by Gasteiger charge is -2.34. The van der Waals surface area contributed by atoms with Crippen LogP contribution in [0.1, 0.15) is 32.3 Å². The van der Waals surface area contributed by atoms with Crippen molar-refractivity contribution in [1.82, 2.24) is 0 Å². The highest BCUT2D eigenvalue weighted by atomic mass is 19.1. The molecule has 0 saturated carbocycles. The van der Waals surface area contributed by atoms with Crippen LogP contribution in [0.25, 0.3) is 6.08 Å². The number of carboxylic acids is 1. The summed E-state index contributed by atoms with van der Waals surface area (Å²) in [5, 5.41) is 8.71. The minimum absolute atomic E-state index is 0.0175. The third-order valence-electron chi connectivity index (χ3n) is 3.59. The van der Waals surface area contributed by atoms with E-state index in [0.29, 0.717) is 5.56 Å². The molecule has 0 atom stereocenters. The van der Waals surface area contributed by atoms with E-state index in [1.807, 2.05) is 0 Å². The van der Waals surface area contributed by atoms with Crippen molar-refractivity contribution in [2.75, 3.05) is 11.4 Å². The van der Waals surface area contributed by atoms with E-state index >= 15 is 0 Å². The van der Waals surface area contributed by atoms with Gasteiger partial charge in [-0.3, -0.25) is 0 Å². The summed E-state index contributed by atoms with van der Waals surface area (Å²) < 4.78 is 13.4. The van der Waals surface area contributed by atoms with Gasteiger partial charge in [-0.2, -0.15) is 0 Å². The van der Waals surface area contributed by atoms with Crippen LogP contribution in [0.3, 0.4) is 0 Å². The Hall–Kier alpha value is -1.84. The Labute approximate surface area is 112 Å². The Morgan fingerprint density at radius 3 is 2.79 bits per heavy atom. The van der Waals surface area contributed by atoms with Crippen LogP contribution in [0.2, 0.25) is 0 Å². The zero-order valence-electron chi connectivity index (χ0n) is 11.2. The molecular formula is C15H18FNO2. The Morgan fingerprint density at radius 1 is 1.47 bits per heavy atom. The Kier molecular flexibility index (Phi) is 3.60. The number of rotatable bonds is 3. The highest BCUT2D eigenvalue weighted by molar-refractivity contribution is 5.87. The fourth-order valence-electron chi connectivity index (χ4n) is 2.62. The molecule has 0 bridgehead atoms. The van der Waals surface area contributed by atoms with Crippen molar-refractivity contribution in [2.24, 2.45) is 0 Å². The van der Waals surface area contributed by atoms with Gasteiger partial charge in [0.1, 0.15) is 5.82 Å². The monoisotopic (exact) mass is 263 g/mol. The predicted molar refractivity (Wildman–Crippen MR) is 73.7 cm³/mol. The molecule has 4 heteroatoms. The molecule has 0 radical (unpaired) electrons. The van der Waals surface area contributed by atoms with Crippen molar-refractivity contribution in [3.8, 4) is 0 Å². The quantitative estimate of drug-likeness (QED) is 0.851. The van der Waals surface area contributed by atoms with Gasteiger partial charge in [-0.05, 0) is 51.0 Å². The Balaban J connectivity index is 2.42. The summed E-state index contributed by atoms with van der Waals surface area (Å²) >= 11 is 0. The lowest BCUT2D eigenvalue weighted by Crippen LogP contribution is -2.38. The molecular weight excluding hydrogens is 245 g/mol. The summed E-state index contributed by atoms with van der Waals surface area (Å²) in [5.41, 5.74) is 1.52. The second-order valence-corrected chi connectivity index (χ2v) is 5.44. The molecule has 1 N–H and O–H groups in total. The van der Waals surface area contributed by atoms with E-state index in [-0.39, 0.29) is 11.4 Å². The molecule has 1 aromatic rings. The van der Waals surface area contributed by atoms with Crippen LogP contribution < -0.4 is 4.90 Å². The Bertz CT molecular complexity index is 523. The van der Waals surface area contributed by atoms with Gasteiger partial charge in [0.05, 0.1) is 0 Å². The molecule has 0 unspecified atom stereocenters. The third-order valence-corrected chi connectivity index (χ3v) is 3.59. The highest BCUT2D eigenvalue weighted by Gasteiger charge is 2.32. The standard InChI is InChI=1S/C15H18FNO2/c1-15(2)8-3-9-17(15)13-6-5-12(16)10-11(13)4-7-14(18)19/h4-7,10H,3,8-9H2,1-2H3,(H,18,19). The van der Waals surface area contributed by atoms with Crippen molar-refractivity contribution in [2.45, 2.75) is 32.2 Å². The SMILES string of the molecule is CC1(C)CCCN1c1ccc(F)cc1C=CC(=O)O. The van der Waals surface area contributed by atoms with E-state index in [0.717, 1.165) is 31.1 Å². The van der Waals surface area contributed by atoms with Gasteiger partial charge >= 0.3 is 5.97 Å². The molecule has 102 valence electrons. The topological polar surface area (TPSA) is 40.5 Å². The van der Waals surface area contributed by atoms with Crippen LogP contribution in [0.15, 0.2) is 24.3 Å². The second kappa shape index (κ2) is 5.03. The molecule has 1 fully saturated rings. The van der Waals surface area contributed by atoms with E-state index in [2.05, 4.69) is 18.7 Å². The van der Waals surface area contributed by atoms with E-state index < -0.39 is 5.97 Å². The molecule has 1 aliphatic rings. The van der Waals surface area contributed by atoms with Gasteiger partial charge in [0.25, 0.3) is 0 Å². The van der Waals surface area contributed by atoms with Crippen molar-refractivity contribution < 1.29 is 14.3 Å². The predicted octanol–water partition coefficient (Wildman–Crippen LogP) is 3.30. The fourth-order valence-corrected chi connectivity index (χ4v) is 2.62. The first kappa shape index (κ1) is 13.6. The van der Waals surface area contributed by atoms with Crippen LogP contribution in [0.4, 0.5) is 10.1 Å². The van der Waals surface area contributed by atoms with Gasteiger partial charge in [-0.15, -0.1) is 0 Å². The number of anilines is 1. The third kappa shape index (κ3) is 2.95. The normalized spacial score (nSPS) is 18.2. The van der Waals surface area contributed by atoms with Crippen LogP contribution >= 0.6 is 0 Å². The van der Waals surface area contributed by atoms with Crippen molar-refractivity contribution in [3.63, 3.8) is 0 Å². The highest BCUT2D eigenvalue weighted by Crippen LogP contribution is 2.36. The van der Waals surface area contributed by atoms with E-state index in [4.69, 9.17) is 5.11 Å². The molecule has 1 aliphatic heterocycles. The van der Waals surface area contributed by atoms with Gasteiger partial charge in [-0.1, -0.05) is 0 Å². The van der Waals surface area contributed by atoms with Crippen LogP contribution in [0.5, 0.6) is 0 Å². The zero-order valence-corrected chi connectivity index (χ0v) is 11.2. The lowest BCUT2D eigenvalue weighted by atomic mass is 10.0. The summed E-state index contributed by atoms with van der Waals surface area (Å²) in [6.45, 7) is 5.20. The largest absolute Gasteiger partial charge is 0.478 e. The number of hydrogen-bond donors (Lipinski definition) is 1. The summed E-state index contributed by atoms with van der Waals surface area (Å²) in [4.78, 5) is 12.8. The van der Waals surface area contributed by atoms with E-state index in [9.17, 15) is 9.18 Å². The average molecular weight is 263 g/mol. The van der Waals surface area contributed by atoms with Gasteiger partial charge in [0.15, 0.2) is 0 Å². The van der Waals surface area contributed by atoms with E-state index in [1.54, 1.807) is 6.07 Å². The molecule has 1 heterocycles. The Morgan fingerprint density at radius 2 is 2.21 bits per heavy atom. The average Bonchev–Trinajstić information content (AvgIpc) is 2.66.